The van der Waals surface area contributed by atoms with Crippen molar-refractivity contribution in [2.24, 2.45) is 0 Å². The number of para-hydroxylation sites is 1. The molecule has 0 unspecified atom stereocenters. The van der Waals surface area contributed by atoms with Gasteiger partial charge in [-0.15, -0.1) is 0 Å². The average molecular weight is 457 g/mol. The Kier molecular flexibility index (Phi) is 6.75. The molecule has 3 aromatic rings. The number of likely N-dealkylation sites (N-methyl/N-ethyl adjacent to an activating group) is 2. The third-order valence-corrected chi connectivity index (χ3v) is 6.36. The molecule has 176 valence electrons. The van der Waals surface area contributed by atoms with E-state index in [1.165, 1.54) is 16.9 Å². The van der Waals surface area contributed by atoms with Crippen LogP contribution in [0.3, 0.4) is 0 Å². The van der Waals surface area contributed by atoms with Gasteiger partial charge in [0.1, 0.15) is 5.75 Å². The zero-order valence-corrected chi connectivity index (χ0v) is 20.7. The lowest BCUT2D eigenvalue weighted by Gasteiger charge is -2.23. The zero-order valence-electron chi connectivity index (χ0n) is 20.7. The maximum atomic E-state index is 9.80. The highest BCUT2D eigenvalue weighted by Crippen LogP contribution is 2.46. The van der Waals surface area contributed by atoms with Crippen LogP contribution in [0.15, 0.2) is 89.0 Å². The Hall–Kier alpha value is -3.57. The van der Waals surface area contributed by atoms with Gasteiger partial charge in [0.2, 0.25) is 5.58 Å². The number of fused-ring (bicyclic) bond motifs is 2. The van der Waals surface area contributed by atoms with E-state index in [4.69, 9.17) is 4.42 Å². The van der Waals surface area contributed by atoms with Crippen molar-refractivity contribution in [1.82, 2.24) is 4.90 Å². The Morgan fingerprint density at radius 1 is 1.03 bits per heavy atom. The third kappa shape index (κ3) is 4.70. The molecular weight excluding hydrogens is 422 g/mol. The SMILES string of the molecule is CN(C)CC[n+]1c(/C=C/C=C/C=C/C=C2/N(C)c3ccccc3C2(C)C)oc2cc(O)ccc21. The molecule has 0 aliphatic carbocycles. The number of allylic oxidation sites excluding steroid dienone is 7. The average Bonchev–Trinajstić information content (AvgIpc) is 3.23. The summed E-state index contributed by atoms with van der Waals surface area (Å²) in [5.74, 6) is 0.958. The van der Waals surface area contributed by atoms with E-state index in [0.717, 1.165) is 24.5 Å². The molecule has 1 aromatic heterocycles. The molecule has 0 saturated heterocycles. The van der Waals surface area contributed by atoms with Crippen LogP contribution < -0.4 is 9.47 Å². The normalized spacial score (nSPS) is 16.9. The Morgan fingerprint density at radius 2 is 1.76 bits per heavy atom. The number of phenols is 1. The van der Waals surface area contributed by atoms with Crippen molar-refractivity contribution >= 4 is 22.9 Å². The second-order valence-corrected chi connectivity index (χ2v) is 9.43. The topological polar surface area (TPSA) is 43.7 Å². The number of hydrogen-bond donors (Lipinski definition) is 1. The number of oxazole rings is 1. The maximum absolute atomic E-state index is 9.80. The first kappa shape index (κ1) is 23.6. The Bertz CT molecular complexity index is 1290. The first-order chi connectivity index (χ1) is 16.3. The zero-order chi connectivity index (χ0) is 24.3. The van der Waals surface area contributed by atoms with Crippen LogP contribution in [0.1, 0.15) is 25.3 Å². The molecule has 0 fully saturated rings. The fraction of sp³-hybridized carbons (Fsp3) is 0.276. The molecule has 1 aliphatic heterocycles. The predicted molar refractivity (Wildman–Crippen MR) is 140 cm³/mol. The minimum absolute atomic E-state index is 0.0186. The summed E-state index contributed by atoms with van der Waals surface area (Å²) < 4.78 is 8.14. The van der Waals surface area contributed by atoms with Gasteiger partial charge in [-0.1, -0.05) is 62.4 Å². The van der Waals surface area contributed by atoms with Crippen molar-refractivity contribution in [1.29, 1.82) is 0 Å². The van der Waals surface area contributed by atoms with Gasteiger partial charge in [-0.3, -0.25) is 0 Å². The molecule has 5 nitrogen and oxygen atoms in total. The first-order valence-corrected chi connectivity index (χ1v) is 11.6. The molecule has 0 bridgehead atoms. The van der Waals surface area contributed by atoms with Gasteiger partial charge in [0.05, 0.1) is 12.6 Å². The van der Waals surface area contributed by atoms with Crippen LogP contribution in [0.25, 0.3) is 17.2 Å². The second kappa shape index (κ2) is 9.74. The van der Waals surface area contributed by atoms with Crippen molar-refractivity contribution in [3.8, 4) is 5.75 Å². The number of hydrogen-bond acceptors (Lipinski definition) is 4. The lowest BCUT2D eigenvalue weighted by molar-refractivity contribution is -0.677. The van der Waals surface area contributed by atoms with Gasteiger partial charge in [0.25, 0.3) is 5.52 Å². The number of rotatable bonds is 7. The monoisotopic (exact) mass is 456 g/mol. The van der Waals surface area contributed by atoms with Gasteiger partial charge in [0.15, 0.2) is 6.54 Å². The van der Waals surface area contributed by atoms with Crippen molar-refractivity contribution in [2.45, 2.75) is 25.8 Å². The summed E-state index contributed by atoms with van der Waals surface area (Å²) in [4.78, 5) is 4.41. The molecule has 34 heavy (non-hydrogen) atoms. The highest BCUT2D eigenvalue weighted by atomic mass is 16.4. The van der Waals surface area contributed by atoms with Crippen LogP contribution in [0.2, 0.25) is 0 Å². The van der Waals surface area contributed by atoms with Crippen molar-refractivity contribution in [2.75, 3.05) is 32.6 Å². The Balaban J connectivity index is 1.47. The van der Waals surface area contributed by atoms with Crippen LogP contribution in [-0.4, -0.2) is 37.7 Å². The molecule has 5 heteroatoms. The van der Waals surface area contributed by atoms with Gasteiger partial charge in [-0.2, -0.15) is 4.57 Å². The van der Waals surface area contributed by atoms with Crippen LogP contribution >= 0.6 is 0 Å². The maximum Gasteiger partial charge on any atom is 0.374 e. The summed E-state index contributed by atoms with van der Waals surface area (Å²) in [6.45, 7) is 6.23. The third-order valence-electron chi connectivity index (χ3n) is 6.36. The van der Waals surface area contributed by atoms with Crippen LogP contribution in [0.5, 0.6) is 5.75 Å². The number of aromatic hydroxyl groups is 1. The van der Waals surface area contributed by atoms with E-state index in [0.29, 0.717) is 5.58 Å². The molecule has 0 radical (unpaired) electrons. The van der Waals surface area contributed by atoms with Gasteiger partial charge in [-0.05, 0) is 37.9 Å². The lowest BCUT2D eigenvalue weighted by atomic mass is 9.84. The molecule has 1 aliphatic rings. The van der Waals surface area contributed by atoms with E-state index in [1.807, 2.05) is 36.4 Å². The molecule has 4 rings (SSSR count). The molecular formula is C29H34N3O2+. The standard InChI is InChI=1S/C29H33N3O2/c1-29(2)23-13-11-12-14-24(23)31(5)27(29)15-9-7-6-8-10-16-28-32(20-19-30(3)4)25-18-17-22(33)21-26(25)34-28/h6-18,21H,19-20H2,1-5H3/p+1. The van der Waals surface area contributed by atoms with Gasteiger partial charge in [-0.25, -0.2) is 0 Å². The number of benzene rings is 2. The fourth-order valence-corrected chi connectivity index (χ4v) is 4.53. The molecule has 0 atom stereocenters. The quantitative estimate of drug-likeness (QED) is 0.381. The highest BCUT2D eigenvalue weighted by Gasteiger charge is 2.37. The Labute approximate surface area is 202 Å². The van der Waals surface area contributed by atoms with Gasteiger partial charge >= 0.3 is 5.89 Å². The van der Waals surface area contributed by atoms with Crippen molar-refractivity contribution < 1.29 is 14.1 Å². The van der Waals surface area contributed by atoms with Crippen LogP contribution in [0, 0.1) is 0 Å². The molecule has 0 amide bonds. The van der Waals surface area contributed by atoms with E-state index in [1.54, 1.807) is 12.1 Å². The molecule has 2 aromatic carbocycles. The molecule has 0 spiro atoms. The summed E-state index contributed by atoms with van der Waals surface area (Å²) in [5.41, 5.74) is 5.54. The molecule has 0 saturated carbocycles. The first-order valence-electron chi connectivity index (χ1n) is 11.6. The largest absolute Gasteiger partial charge is 0.508 e. The second-order valence-electron chi connectivity index (χ2n) is 9.43. The van der Waals surface area contributed by atoms with Gasteiger partial charge in [0, 0.05) is 36.0 Å². The predicted octanol–water partition coefficient (Wildman–Crippen LogP) is 5.42. The minimum atomic E-state index is -0.0186. The van der Waals surface area contributed by atoms with Crippen LogP contribution in [-0.2, 0) is 12.0 Å². The summed E-state index contributed by atoms with van der Waals surface area (Å²) >= 11 is 0. The molecule has 1 N–H and O–H groups in total. The summed E-state index contributed by atoms with van der Waals surface area (Å²) in [6.07, 6.45) is 14.3. The van der Waals surface area contributed by atoms with Gasteiger partial charge < -0.3 is 19.3 Å². The number of phenolic OH excluding ortho intramolecular Hbond substituents is 1. The van der Waals surface area contributed by atoms with E-state index in [9.17, 15) is 5.11 Å². The Morgan fingerprint density at radius 3 is 2.53 bits per heavy atom. The number of anilines is 1. The lowest BCUT2D eigenvalue weighted by Crippen LogP contribution is -2.40. The minimum Gasteiger partial charge on any atom is -0.508 e. The van der Waals surface area contributed by atoms with Crippen molar-refractivity contribution in [3.63, 3.8) is 0 Å². The smallest absolute Gasteiger partial charge is 0.374 e. The number of nitrogens with zero attached hydrogens (tertiary/aromatic N) is 3. The highest BCUT2D eigenvalue weighted by molar-refractivity contribution is 5.72. The van der Waals surface area contributed by atoms with E-state index in [-0.39, 0.29) is 11.2 Å². The van der Waals surface area contributed by atoms with E-state index >= 15 is 0 Å². The van der Waals surface area contributed by atoms with Crippen molar-refractivity contribution in [3.05, 3.63) is 96.1 Å². The summed E-state index contributed by atoms with van der Waals surface area (Å²) in [5, 5.41) is 9.80. The number of aromatic nitrogens is 1. The summed E-state index contributed by atoms with van der Waals surface area (Å²) in [6, 6.07) is 13.8. The van der Waals surface area contributed by atoms with E-state index in [2.05, 4.69) is 85.8 Å². The molecule has 2 heterocycles. The fourth-order valence-electron chi connectivity index (χ4n) is 4.53. The van der Waals surface area contributed by atoms with Crippen LogP contribution in [0.4, 0.5) is 5.69 Å². The van der Waals surface area contributed by atoms with E-state index < -0.39 is 0 Å². The summed E-state index contributed by atoms with van der Waals surface area (Å²) in [7, 11) is 6.24.